The van der Waals surface area contributed by atoms with Crippen molar-refractivity contribution in [1.82, 2.24) is 4.90 Å². The van der Waals surface area contributed by atoms with Gasteiger partial charge >= 0.3 is 0 Å². The Morgan fingerprint density at radius 3 is 2.28 bits per heavy atom. The molecule has 0 saturated carbocycles. The molecule has 0 spiro atoms. The molecule has 5 heteroatoms. The number of likely N-dealkylation sites (tertiary alicyclic amines) is 1. The number of hydrogen-bond donors (Lipinski definition) is 1. The highest BCUT2D eigenvalue weighted by Gasteiger charge is 2.40. The van der Waals surface area contributed by atoms with Crippen LogP contribution in [0.5, 0.6) is 0 Å². The fourth-order valence-electron chi connectivity index (χ4n) is 3.43. The zero-order valence-electron chi connectivity index (χ0n) is 14.5. The molecule has 25 heavy (non-hydrogen) atoms. The normalized spacial score (nSPS) is 20.2. The molecule has 0 unspecified atom stereocenters. The molecule has 1 saturated heterocycles. The van der Waals surface area contributed by atoms with Gasteiger partial charge in [-0.25, -0.2) is 4.39 Å². The van der Waals surface area contributed by atoms with Gasteiger partial charge in [-0.05, 0) is 37.1 Å². The third kappa shape index (κ3) is 3.86. The minimum atomic E-state index is -0.709. The predicted molar refractivity (Wildman–Crippen MR) is 100 cm³/mol. The number of amides is 1. The first kappa shape index (κ1) is 19.4. The van der Waals surface area contributed by atoms with Crippen LogP contribution in [0.2, 0.25) is 0 Å². The van der Waals surface area contributed by atoms with Gasteiger partial charge in [0.05, 0.1) is 5.41 Å². The van der Waals surface area contributed by atoms with Gasteiger partial charge in [-0.2, -0.15) is 0 Å². The zero-order chi connectivity index (χ0) is 17.3. The van der Waals surface area contributed by atoms with Crippen LogP contribution in [0.25, 0.3) is 0 Å². The number of benzene rings is 2. The third-order valence-corrected chi connectivity index (χ3v) is 4.98. The van der Waals surface area contributed by atoms with E-state index in [9.17, 15) is 9.18 Å². The third-order valence-electron chi connectivity index (χ3n) is 4.98. The van der Waals surface area contributed by atoms with Crippen molar-refractivity contribution in [1.29, 1.82) is 0 Å². The van der Waals surface area contributed by atoms with Gasteiger partial charge in [0.1, 0.15) is 5.82 Å². The Morgan fingerprint density at radius 2 is 1.68 bits per heavy atom. The van der Waals surface area contributed by atoms with Gasteiger partial charge in [0.2, 0.25) is 5.91 Å². The summed E-state index contributed by atoms with van der Waals surface area (Å²) in [5, 5.41) is 0. The highest BCUT2D eigenvalue weighted by atomic mass is 35.5. The second-order valence-corrected chi connectivity index (χ2v) is 7.02. The zero-order valence-corrected chi connectivity index (χ0v) is 15.3. The Hall–Kier alpha value is -1.91. The number of carbonyl (C=O) groups excluding carboxylic acids is 1. The summed E-state index contributed by atoms with van der Waals surface area (Å²) in [5.74, 6) is -0.114. The highest BCUT2D eigenvalue weighted by molar-refractivity contribution is 5.87. The molecule has 2 aromatic carbocycles. The van der Waals surface area contributed by atoms with Crippen LogP contribution in [0, 0.1) is 5.82 Å². The number of rotatable bonds is 3. The van der Waals surface area contributed by atoms with Crippen LogP contribution >= 0.6 is 12.4 Å². The standard InChI is InChI=1S/C20H23FN2O.ClH/c1-20(2,15-8-10-16(21)11-9-15)19(24)23-12-17(18(22)13-23)14-6-4-3-5-7-14;/h3-11,17-18H,12-13,22H2,1-2H3;1H/t17-,18+;/m0./s1. The molecular weight excluding hydrogens is 339 g/mol. The minimum Gasteiger partial charge on any atom is -0.340 e. The molecule has 2 aromatic rings. The van der Waals surface area contributed by atoms with Gasteiger partial charge in [-0.1, -0.05) is 42.5 Å². The first-order valence-corrected chi connectivity index (χ1v) is 8.25. The Morgan fingerprint density at radius 1 is 1.08 bits per heavy atom. The molecule has 3 nitrogen and oxygen atoms in total. The van der Waals surface area contributed by atoms with Crippen molar-refractivity contribution in [2.75, 3.05) is 13.1 Å². The van der Waals surface area contributed by atoms with Crippen LogP contribution in [-0.2, 0) is 10.2 Å². The van der Waals surface area contributed by atoms with E-state index >= 15 is 0 Å². The van der Waals surface area contributed by atoms with Crippen LogP contribution < -0.4 is 5.73 Å². The van der Waals surface area contributed by atoms with Gasteiger partial charge in [0.15, 0.2) is 0 Å². The summed E-state index contributed by atoms with van der Waals surface area (Å²) in [6.07, 6.45) is 0. The summed E-state index contributed by atoms with van der Waals surface area (Å²) < 4.78 is 13.2. The van der Waals surface area contributed by atoms with Crippen LogP contribution in [0.15, 0.2) is 54.6 Å². The maximum absolute atomic E-state index is 13.2. The SMILES string of the molecule is CC(C)(C(=O)N1C[C@@H](N)[C@H](c2ccccc2)C1)c1ccc(F)cc1.Cl. The number of halogens is 2. The van der Waals surface area contributed by atoms with Crippen molar-refractivity contribution in [3.05, 3.63) is 71.5 Å². The summed E-state index contributed by atoms with van der Waals surface area (Å²) in [4.78, 5) is 14.9. The number of nitrogens with zero attached hydrogens (tertiary/aromatic N) is 1. The molecule has 0 aromatic heterocycles. The Labute approximate surface area is 154 Å². The smallest absolute Gasteiger partial charge is 0.232 e. The van der Waals surface area contributed by atoms with Crippen LogP contribution in [-0.4, -0.2) is 29.9 Å². The Balaban J connectivity index is 0.00000225. The number of hydrogen-bond acceptors (Lipinski definition) is 2. The summed E-state index contributed by atoms with van der Waals surface area (Å²) in [6.45, 7) is 4.92. The average Bonchev–Trinajstić information content (AvgIpc) is 2.97. The summed E-state index contributed by atoms with van der Waals surface area (Å²) in [7, 11) is 0. The van der Waals surface area contributed by atoms with Crippen molar-refractivity contribution in [2.45, 2.75) is 31.2 Å². The molecule has 0 aliphatic carbocycles. The second kappa shape index (κ2) is 7.54. The monoisotopic (exact) mass is 362 g/mol. The Kier molecular flexibility index (Phi) is 5.86. The summed E-state index contributed by atoms with van der Waals surface area (Å²) in [6, 6.07) is 16.2. The summed E-state index contributed by atoms with van der Waals surface area (Å²) in [5.41, 5.74) is 7.57. The molecule has 2 atom stereocenters. The predicted octanol–water partition coefficient (Wildman–Crippen LogP) is 3.48. The molecule has 1 aliphatic heterocycles. The van der Waals surface area contributed by atoms with E-state index in [0.29, 0.717) is 13.1 Å². The first-order chi connectivity index (χ1) is 11.4. The second-order valence-electron chi connectivity index (χ2n) is 7.02. The van der Waals surface area contributed by atoms with E-state index in [-0.39, 0.29) is 36.1 Å². The molecule has 3 rings (SSSR count). The lowest BCUT2D eigenvalue weighted by molar-refractivity contribution is -0.135. The lowest BCUT2D eigenvalue weighted by Crippen LogP contribution is -2.43. The molecule has 2 N–H and O–H groups in total. The van der Waals surface area contributed by atoms with Gasteiger partial charge < -0.3 is 10.6 Å². The molecule has 1 fully saturated rings. The first-order valence-electron chi connectivity index (χ1n) is 8.25. The highest BCUT2D eigenvalue weighted by Crippen LogP contribution is 2.32. The quantitative estimate of drug-likeness (QED) is 0.908. The van der Waals surface area contributed by atoms with E-state index in [4.69, 9.17) is 5.73 Å². The van der Waals surface area contributed by atoms with Crippen LogP contribution in [0.1, 0.15) is 30.9 Å². The van der Waals surface area contributed by atoms with Crippen molar-refractivity contribution in [2.24, 2.45) is 5.73 Å². The molecule has 1 heterocycles. The van der Waals surface area contributed by atoms with E-state index in [1.165, 1.54) is 17.7 Å². The number of carbonyl (C=O) groups is 1. The van der Waals surface area contributed by atoms with Crippen LogP contribution in [0.4, 0.5) is 4.39 Å². The molecule has 134 valence electrons. The summed E-state index contributed by atoms with van der Waals surface area (Å²) >= 11 is 0. The maximum Gasteiger partial charge on any atom is 0.232 e. The van der Waals surface area contributed by atoms with Gasteiger partial charge in [0.25, 0.3) is 0 Å². The van der Waals surface area contributed by atoms with Crippen molar-refractivity contribution in [3.63, 3.8) is 0 Å². The molecular formula is C20H24ClFN2O. The minimum absolute atomic E-state index is 0. The molecule has 0 radical (unpaired) electrons. The van der Waals surface area contributed by atoms with E-state index in [0.717, 1.165) is 5.56 Å². The molecule has 1 aliphatic rings. The molecule has 0 bridgehead atoms. The van der Waals surface area contributed by atoms with Gasteiger partial charge in [0, 0.05) is 25.0 Å². The Bertz CT molecular complexity index is 718. The van der Waals surface area contributed by atoms with Gasteiger partial charge in [-0.15, -0.1) is 12.4 Å². The van der Waals surface area contributed by atoms with Crippen LogP contribution in [0.3, 0.4) is 0 Å². The lowest BCUT2D eigenvalue weighted by Gasteiger charge is -2.30. The molecule has 1 amide bonds. The fourth-order valence-corrected chi connectivity index (χ4v) is 3.43. The lowest BCUT2D eigenvalue weighted by atomic mass is 9.83. The van der Waals surface area contributed by atoms with E-state index in [1.54, 1.807) is 12.1 Å². The largest absolute Gasteiger partial charge is 0.340 e. The number of nitrogens with two attached hydrogens (primary N) is 1. The van der Waals surface area contributed by atoms with Crippen molar-refractivity contribution < 1.29 is 9.18 Å². The maximum atomic E-state index is 13.2. The van der Waals surface area contributed by atoms with Crippen molar-refractivity contribution >= 4 is 18.3 Å². The topological polar surface area (TPSA) is 46.3 Å². The van der Waals surface area contributed by atoms with Gasteiger partial charge in [-0.3, -0.25) is 4.79 Å². The van der Waals surface area contributed by atoms with E-state index in [2.05, 4.69) is 12.1 Å². The van der Waals surface area contributed by atoms with E-state index in [1.807, 2.05) is 36.9 Å². The average molecular weight is 363 g/mol. The van der Waals surface area contributed by atoms with Crippen molar-refractivity contribution in [3.8, 4) is 0 Å². The van der Waals surface area contributed by atoms with E-state index < -0.39 is 5.41 Å². The fraction of sp³-hybridized carbons (Fsp3) is 0.350.